The van der Waals surface area contributed by atoms with E-state index >= 15 is 0 Å². The van der Waals surface area contributed by atoms with E-state index < -0.39 is 0 Å². The first-order valence-corrected chi connectivity index (χ1v) is 7.74. The van der Waals surface area contributed by atoms with Gasteiger partial charge in [-0.25, -0.2) is 0 Å². The molecule has 2 nitrogen and oxygen atoms in total. The zero-order valence-corrected chi connectivity index (χ0v) is 13.3. The molecule has 0 bridgehead atoms. The molecule has 0 amide bonds. The van der Waals surface area contributed by atoms with Gasteiger partial charge in [0.15, 0.2) is 5.78 Å². The lowest BCUT2D eigenvalue weighted by molar-refractivity contribution is 0.101. The maximum atomic E-state index is 11.3. The number of anilines is 1. The molecule has 0 aromatic heterocycles. The minimum Gasteiger partial charge on any atom is -0.372 e. The first kappa shape index (κ1) is 15.1. The van der Waals surface area contributed by atoms with Crippen molar-refractivity contribution in [2.45, 2.75) is 47.0 Å². The van der Waals surface area contributed by atoms with E-state index in [2.05, 4.69) is 37.8 Å². The van der Waals surface area contributed by atoms with E-state index in [0.717, 1.165) is 24.6 Å². The van der Waals surface area contributed by atoms with Gasteiger partial charge in [0.05, 0.1) is 0 Å². The van der Waals surface area contributed by atoms with Crippen LogP contribution in [0.5, 0.6) is 0 Å². The third-order valence-electron chi connectivity index (χ3n) is 4.59. The highest BCUT2D eigenvalue weighted by atomic mass is 16.1. The van der Waals surface area contributed by atoms with Crippen molar-refractivity contribution >= 4 is 11.5 Å². The molecule has 1 atom stereocenters. The number of carbonyl (C=O) groups excluding carboxylic acids is 1. The molecule has 1 fully saturated rings. The second-order valence-electron chi connectivity index (χ2n) is 7.08. The topological polar surface area (TPSA) is 20.3 Å². The zero-order chi connectivity index (χ0) is 14.8. The third-order valence-corrected chi connectivity index (χ3v) is 4.59. The van der Waals surface area contributed by atoms with Crippen LogP contribution in [0.25, 0.3) is 0 Å². The number of Topliss-reactive ketones (excluding diaryl/α,β-unsaturated/α-hetero) is 1. The number of benzene rings is 1. The molecule has 110 valence electrons. The van der Waals surface area contributed by atoms with E-state index in [1.54, 1.807) is 6.92 Å². The van der Waals surface area contributed by atoms with Gasteiger partial charge in [0, 0.05) is 24.3 Å². The van der Waals surface area contributed by atoms with Crippen molar-refractivity contribution in [3.05, 3.63) is 29.8 Å². The highest BCUT2D eigenvalue weighted by Gasteiger charge is 2.27. The number of hydrogen-bond donors (Lipinski definition) is 0. The van der Waals surface area contributed by atoms with Crippen LogP contribution in [0.15, 0.2) is 24.3 Å². The van der Waals surface area contributed by atoms with Crippen LogP contribution < -0.4 is 4.90 Å². The Bertz CT molecular complexity index is 455. The molecule has 0 aliphatic carbocycles. The van der Waals surface area contributed by atoms with Crippen molar-refractivity contribution in [3.8, 4) is 0 Å². The third kappa shape index (κ3) is 3.62. The summed E-state index contributed by atoms with van der Waals surface area (Å²) < 4.78 is 0. The van der Waals surface area contributed by atoms with Gasteiger partial charge in [-0.05, 0) is 61.8 Å². The summed E-state index contributed by atoms with van der Waals surface area (Å²) >= 11 is 0. The van der Waals surface area contributed by atoms with Crippen LogP contribution in [0.3, 0.4) is 0 Å². The fraction of sp³-hybridized carbons (Fsp3) is 0.611. The molecule has 0 saturated carbocycles. The Morgan fingerprint density at radius 3 is 2.30 bits per heavy atom. The molecular formula is C18H27NO. The Hall–Kier alpha value is -1.31. The first-order valence-electron chi connectivity index (χ1n) is 7.74. The van der Waals surface area contributed by atoms with E-state index in [4.69, 9.17) is 0 Å². The van der Waals surface area contributed by atoms with Gasteiger partial charge in [-0.2, -0.15) is 0 Å². The summed E-state index contributed by atoms with van der Waals surface area (Å²) in [6.45, 7) is 10.9. The summed E-state index contributed by atoms with van der Waals surface area (Å²) in [5, 5.41) is 0. The van der Waals surface area contributed by atoms with Crippen molar-refractivity contribution < 1.29 is 4.79 Å². The van der Waals surface area contributed by atoms with E-state index in [-0.39, 0.29) is 5.78 Å². The quantitative estimate of drug-likeness (QED) is 0.737. The van der Waals surface area contributed by atoms with Crippen molar-refractivity contribution in [2.75, 3.05) is 18.0 Å². The van der Waals surface area contributed by atoms with Gasteiger partial charge < -0.3 is 4.90 Å². The van der Waals surface area contributed by atoms with Gasteiger partial charge in [-0.3, -0.25) is 4.79 Å². The smallest absolute Gasteiger partial charge is 0.159 e. The average Bonchev–Trinajstić information content (AvgIpc) is 2.64. The normalized spacial score (nSPS) is 20.6. The van der Waals surface area contributed by atoms with Crippen LogP contribution in [-0.4, -0.2) is 18.9 Å². The highest BCUT2D eigenvalue weighted by Crippen LogP contribution is 2.35. The van der Waals surface area contributed by atoms with Gasteiger partial charge in [-0.15, -0.1) is 0 Å². The number of hydrogen-bond acceptors (Lipinski definition) is 2. The van der Waals surface area contributed by atoms with Crippen molar-refractivity contribution in [1.29, 1.82) is 0 Å². The number of rotatable bonds is 2. The standard InChI is InChI=1S/C18H27NO/c1-14(20)15-7-9-17(10-8-15)19-12-5-6-16(11-13-19)18(2,3)4/h7-10,16H,5-6,11-13H2,1-4H3. The summed E-state index contributed by atoms with van der Waals surface area (Å²) in [4.78, 5) is 13.8. The summed E-state index contributed by atoms with van der Waals surface area (Å²) in [6.07, 6.45) is 3.85. The van der Waals surface area contributed by atoms with E-state index in [1.165, 1.54) is 24.9 Å². The van der Waals surface area contributed by atoms with E-state index in [1.807, 2.05) is 12.1 Å². The molecule has 0 N–H and O–H groups in total. The molecule has 1 unspecified atom stereocenters. The molecule has 1 aliphatic rings. The lowest BCUT2D eigenvalue weighted by Crippen LogP contribution is -2.26. The number of carbonyl (C=O) groups is 1. The van der Waals surface area contributed by atoms with Gasteiger partial charge in [0.1, 0.15) is 0 Å². The van der Waals surface area contributed by atoms with Gasteiger partial charge in [0.25, 0.3) is 0 Å². The van der Waals surface area contributed by atoms with E-state index in [0.29, 0.717) is 5.41 Å². The van der Waals surface area contributed by atoms with Crippen LogP contribution in [-0.2, 0) is 0 Å². The van der Waals surface area contributed by atoms with Crippen LogP contribution in [0.2, 0.25) is 0 Å². The molecule has 2 rings (SSSR count). The number of nitrogens with zero attached hydrogens (tertiary/aromatic N) is 1. The average molecular weight is 273 g/mol. The maximum Gasteiger partial charge on any atom is 0.159 e. The first-order chi connectivity index (χ1) is 9.38. The second kappa shape index (κ2) is 5.99. The van der Waals surface area contributed by atoms with Gasteiger partial charge in [-0.1, -0.05) is 20.8 Å². The molecule has 2 heteroatoms. The van der Waals surface area contributed by atoms with Crippen LogP contribution in [0, 0.1) is 11.3 Å². The molecular weight excluding hydrogens is 246 g/mol. The Kier molecular flexibility index (Phi) is 4.52. The van der Waals surface area contributed by atoms with Crippen molar-refractivity contribution in [3.63, 3.8) is 0 Å². The van der Waals surface area contributed by atoms with Crippen molar-refractivity contribution in [2.24, 2.45) is 11.3 Å². The molecule has 1 aromatic carbocycles. The summed E-state index contributed by atoms with van der Waals surface area (Å²) in [5.74, 6) is 0.948. The zero-order valence-electron chi connectivity index (χ0n) is 13.3. The highest BCUT2D eigenvalue weighted by molar-refractivity contribution is 5.94. The molecule has 20 heavy (non-hydrogen) atoms. The van der Waals surface area contributed by atoms with Crippen molar-refractivity contribution in [1.82, 2.24) is 0 Å². The van der Waals surface area contributed by atoms with E-state index in [9.17, 15) is 4.79 Å². The van der Waals surface area contributed by atoms with Crippen LogP contribution in [0.1, 0.15) is 57.3 Å². The Morgan fingerprint density at radius 1 is 1.10 bits per heavy atom. The summed E-state index contributed by atoms with van der Waals surface area (Å²) in [6, 6.07) is 8.08. The minimum atomic E-state index is 0.139. The fourth-order valence-corrected chi connectivity index (χ4v) is 3.13. The Labute approximate surface area is 123 Å². The lowest BCUT2D eigenvalue weighted by atomic mass is 9.77. The number of ketones is 1. The molecule has 1 saturated heterocycles. The van der Waals surface area contributed by atoms with Crippen LogP contribution >= 0.6 is 0 Å². The van der Waals surface area contributed by atoms with Crippen LogP contribution in [0.4, 0.5) is 5.69 Å². The molecule has 0 spiro atoms. The fourth-order valence-electron chi connectivity index (χ4n) is 3.13. The predicted octanol–water partition coefficient (Wildman–Crippen LogP) is 4.54. The van der Waals surface area contributed by atoms with Gasteiger partial charge in [0.2, 0.25) is 0 Å². The second-order valence-corrected chi connectivity index (χ2v) is 7.08. The Morgan fingerprint density at radius 2 is 1.75 bits per heavy atom. The molecule has 1 aliphatic heterocycles. The predicted molar refractivity (Wildman–Crippen MR) is 85.5 cm³/mol. The molecule has 0 radical (unpaired) electrons. The Balaban J connectivity index is 2.05. The maximum absolute atomic E-state index is 11.3. The molecule has 1 heterocycles. The lowest BCUT2D eigenvalue weighted by Gasteiger charge is -2.30. The largest absolute Gasteiger partial charge is 0.372 e. The monoisotopic (exact) mass is 273 g/mol. The summed E-state index contributed by atoms with van der Waals surface area (Å²) in [7, 11) is 0. The summed E-state index contributed by atoms with van der Waals surface area (Å²) in [5.41, 5.74) is 2.47. The molecule has 1 aromatic rings. The minimum absolute atomic E-state index is 0.139. The SMILES string of the molecule is CC(=O)c1ccc(N2CCCC(C(C)(C)C)CC2)cc1. The van der Waals surface area contributed by atoms with Gasteiger partial charge >= 0.3 is 0 Å².